The van der Waals surface area contributed by atoms with Gasteiger partial charge in [0.1, 0.15) is 5.56 Å². The minimum atomic E-state index is -0.588. The van der Waals surface area contributed by atoms with Crippen LogP contribution in [0.3, 0.4) is 0 Å². The lowest BCUT2D eigenvalue weighted by Gasteiger charge is -2.18. The number of pyridine rings is 1. The van der Waals surface area contributed by atoms with Crippen molar-refractivity contribution in [2.75, 3.05) is 13.1 Å². The van der Waals surface area contributed by atoms with Gasteiger partial charge in [-0.2, -0.15) is 0 Å². The molecule has 0 aliphatic carbocycles. The number of benzene rings is 1. The van der Waals surface area contributed by atoms with Crippen molar-refractivity contribution < 1.29 is 9.59 Å². The van der Waals surface area contributed by atoms with Crippen LogP contribution < -0.4 is 21.8 Å². The van der Waals surface area contributed by atoms with E-state index in [2.05, 4.69) is 15.6 Å². The van der Waals surface area contributed by atoms with Gasteiger partial charge in [0.25, 0.3) is 5.91 Å². The van der Waals surface area contributed by atoms with Gasteiger partial charge in [-0.3, -0.25) is 14.4 Å². The third kappa shape index (κ3) is 4.90. The smallest absolute Gasteiger partial charge is 0.257 e. The van der Waals surface area contributed by atoms with E-state index >= 15 is 0 Å². The molecular weight excluding hydrogens is 320 g/mol. The summed E-state index contributed by atoms with van der Waals surface area (Å²) in [6, 6.07) is 6.80. The zero-order valence-corrected chi connectivity index (χ0v) is 14.5. The first-order valence-electron chi connectivity index (χ1n) is 8.30. The highest BCUT2D eigenvalue weighted by molar-refractivity contribution is 5.98. The molecule has 2 amide bonds. The second-order valence-electron chi connectivity index (χ2n) is 6.39. The van der Waals surface area contributed by atoms with E-state index in [1.807, 2.05) is 13.8 Å². The molecule has 0 saturated carbocycles. The zero-order valence-electron chi connectivity index (χ0n) is 14.5. The topological polar surface area (TPSA) is 117 Å². The molecule has 0 aliphatic heterocycles. The van der Waals surface area contributed by atoms with E-state index in [-0.39, 0.29) is 29.5 Å². The summed E-state index contributed by atoms with van der Waals surface area (Å²) in [5.41, 5.74) is 5.90. The average molecular weight is 344 g/mol. The van der Waals surface area contributed by atoms with Crippen molar-refractivity contribution >= 4 is 22.7 Å². The standard InChI is InChI=1S/C18H24N4O3/c1-11(2)7-12(8-19)22-16(23)10-21-18(25)14-9-20-15-6-4-3-5-13(15)17(14)24/h3-6,9,11-12H,7-8,10,19H2,1-2H3,(H,20,24)(H,21,25)(H,22,23). The quantitative estimate of drug-likeness (QED) is 0.593. The number of nitrogens with two attached hydrogens (primary N) is 1. The van der Waals surface area contributed by atoms with E-state index in [1.54, 1.807) is 24.3 Å². The lowest BCUT2D eigenvalue weighted by molar-refractivity contribution is -0.120. The predicted octanol–water partition coefficient (Wildman–Crippen LogP) is 0.748. The van der Waals surface area contributed by atoms with Crippen LogP contribution in [0, 0.1) is 5.92 Å². The Hall–Kier alpha value is -2.67. The Labute approximate surface area is 146 Å². The number of fused-ring (bicyclic) bond motifs is 1. The molecule has 0 radical (unpaired) electrons. The van der Waals surface area contributed by atoms with Crippen LogP contribution in [-0.4, -0.2) is 35.9 Å². The summed E-state index contributed by atoms with van der Waals surface area (Å²) in [6.45, 7) is 4.22. The zero-order chi connectivity index (χ0) is 18.4. The number of H-pyrrole nitrogens is 1. The first-order chi connectivity index (χ1) is 11.9. The molecule has 0 aliphatic rings. The van der Waals surface area contributed by atoms with Crippen molar-refractivity contribution in [1.82, 2.24) is 15.6 Å². The van der Waals surface area contributed by atoms with E-state index < -0.39 is 5.91 Å². The maximum atomic E-state index is 12.4. The number of hydrogen-bond acceptors (Lipinski definition) is 4. The Morgan fingerprint density at radius 2 is 1.96 bits per heavy atom. The summed E-state index contributed by atoms with van der Waals surface area (Å²) in [5, 5.41) is 5.69. The highest BCUT2D eigenvalue weighted by Gasteiger charge is 2.16. The summed E-state index contributed by atoms with van der Waals surface area (Å²) in [4.78, 5) is 39.4. The van der Waals surface area contributed by atoms with Crippen LogP contribution in [0.1, 0.15) is 30.6 Å². The molecule has 1 unspecified atom stereocenters. The third-order valence-corrected chi connectivity index (χ3v) is 3.85. The monoisotopic (exact) mass is 344 g/mol. The van der Waals surface area contributed by atoms with Crippen molar-refractivity contribution in [3.63, 3.8) is 0 Å². The van der Waals surface area contributed by atoms with Gasteiger partial charge >= 0.3 is 0 Å². The van der Waals surface area contributed by atoms with Crippen molar-refractivity contribution in [2.24, 2.45) is 11.7 Å². The molecule has 0 saturated heterocycles. The predicted molar refractivity (Wildman–Crippen MR) is 97.3 cm³/mol. The number of aromatic amines is 1. The van der Waals surface area contributed by atoms with Gasteiger partial charge < -0.3 is 21.4 Å². The summed E-state index contributed by atoms with van der Waals surface area (Å²) in [7, 11) is 0. The van der Waals surface area contributed by atoms with Gasteiger partial charge in [0.2, 0.25) is 11.3 Å². The highest BCUT2D eigenvalue weighted by atomic mass is 16.2. The van der Waals surface area contributed by atoms with Crippen LogP contribution in [0.25, 0.3) is 10.9 Å². The van der Waals surface area contributed by atoms with Crippen LogP contribution in [0.2, 0.25) is 0 Å². The molecule has 5 N–H and O–H groups in total. The van der Waals surface area contributed by atoms with Crippen LogP contribution >= 0.6 is 0 Å². The van der Waals surface area contributed by atoms with Crippen molar-refractivity contribution in [1.29, 1.82) is 0 Å². The number of rotatable bonds is 7. The van der Waals surface area contributed by atoms with Gasteiger partial charge in [-0.15, -0.1) is 0 Å². The Bertz CT molecular complexity index is 813. The van der Waals surface area contributed by atoms with E-state index in [0.717, 1.165) is 6.42 Å². The molecule has 1 aromatic heterocycles. The number of hydrogen-bond donors (Lipinski definition) is 4. The molecule has 0 spiro atoms. The minimum Gasteiger partial charge on any atom is -0.360 e. The molecule has 7 nitrogen and oxygen atoms in total. The van der Waals surface area contributed by atoms with Crippen molar-refractivity contribution in [2.45, 2.75) is 26.3 Å². The lowest BCUT2D eigenvalue weighted by Crippen LogP contribution is -2.46. The molecule has 1 atom stereocenters. The molecule has 25 heavy (non-hydrogen) atoms. The van der Waals surface area contributed by atoms with E-state index in [4.69, 9.17) is 5.73 Å². The van der Waals surface area contributed by atoms with Gasteiger partial charge in [0.15, 0.2) is 0 Å². The summed E-state index contributed by atoms with van der Waals surface area (Å²) < 4.78 is 0. The molecule has 2 rings (SSSR count). The SMILES string of the molecule is CC(C)CC(CN)NC(=O)CNC(=O)c1c[nH]c2ccccc2c1=O. The Morgan fingerprint density at radius 1 is 1.24 bits per heavy atom. The van der Waals surface area contributed by atoms with Crippen LogP contribution in [0.4, 0.5) is 0 Å². The Morgan fingerprint density at radius 3 is 2.64 bits per heavy atom. The summed E-state index contributed by atoms with van der Waals surface area (Å²) >= 11 is 0. The molecule has 0 bridgehead atoms. The number of amides is 2. The van der Waals surface area contributed by atoms with E-state index in [1.165, 1.54) is 6.20 Å². The number of para-hydroxylation sites is 1. The van der Waals surface area contributed by atoms with E-state index in [9.17, 15) is 14.4 Å². The fourth-order valence-corrected chi connectivity index (χ4v) is 2.65. The fraction of sp³-hybridized carbons (Fsp3) is 0.389. The van der Waals surface area contributed by atoms with Crippen LogP contribution in [0.5, 0.6) is 0 Å². The first-order valence-corrected chi connectivity index (χ1v) is 8.30. The molecule has 7 heteroatoms. The largest absolute Gasteiger partial charge is 0.360 e. The average Bonchev–Trinajstić information content (AvgIpc) is 2.59. The van der Waals surface area contributed by atoms with Crippen molar-refractivity contribution in [3.8, 4) is 0 Å². The molecular formula is C18H24N4O3. The second-order valence-corrected chi connectivity index (χ2v) is 6.39. The Kier molecular flexibility index (Phi) is 6.30. The molecule has 2 aromatic rings. The van der Waals surface area contributed by atoms with Gasteiger partial charge in [-0.1, -0.05) is 26.0 Å². The molecule has 1 heterocycles. The van der Waals surface area contributed by atoms with Gasteiger partial charge in [0, 0.05) is 29.7 Å². The summed E-state index contributed by atoms with van der Waals surface area (Å²) in [5.74, 6) is -0.517. The number of aromatic nitrogens is 1. The molecule has 1 aromatic carbocycles. The van der Waals surface area contributed by atoms with Gasteiger partial charge in [-0.05, 0) is 24.5 Å². The second kappa shape index (κ2) is 8.43. The highest BCUT2D eigenvalue weighted by Crippen LogP contribution is 2.07. The maximum Gasteiger partial charge on any atom is 0.257 e. The van der Waals surface area contributed by atoms with Crippen molar-refractivity contribution in [3.05, 3.63) is 46.2 Å². The first kappa shape index (κ1) is 18.7. The van der Waals surface area contributed by atoms with Gasteiger partial charge in [-0.25, -0.2) is 0 Å². The minimum absolute atomic E-state index is 0.0240. The lowest BCUT2D eigenvalue weighted by atomic mass is 10.0. The molecule has 0 fully saturated rings. The third-order valence-electron chi connectivity index (χ3n) is 3.85. The normalized spacial score (nSPS) is 12.2. The fourth-order valence-electron chi connectivity index (χ4n) is 2.65. The van der Waals surface area contributed by atoms with E-state index in [0.29, 0.717) is 23.4 Å². The molecule has 134 valence electrons. The Balaban J connectivity index is 1.99. The van der Waals surface area contributed by atoms with Gasteiger partial charge in [0.05, 0.1) is 6.54 Å². The summed E-state index contributed by atoms with van der Waals surface area (Å²) in [6.07, 6.45) is 2.12. The number of carbonyl (C=O) groups is 2. The van der Waals surface area contributed by atoms with Crippen LogP contribution in [0.15, 0.2) is 35.3 Å². The van der Waals surface area contributed by atoms with Crippen LogP contribution in [-0.2, 0) is 4.79 Å². The number of nitrogens with one attached hydrogen (secondary N) is 3. The number of carbonyl (C=O) groups excluding carboxylic acids is 2. The maximum absolute atomic E-state index is 12.4.